The van der Waals surface area contributed by atoms with Gasteiger partial charge in [-0.05, 0) is 44.9 Å². The van der Waals surface area contributed by atoms with Crippen molar-refractivity contribution in [2.75, 3.05) is 18.0 Å². The summed E-state index contributed by atoms with van der Waals surface area (Å²) in [5.41, 5.74) is 3.44. The van der Waals surface area contributed by atoms with E-state index in [1.54, 1.807) is 17.0 Å². The van der Waals surface area contributed by atoms with Crippen LogP contribution in [0.15, 0.2) is 17.2 Å². The summed E-state index contributed by atoms with van der Waals surface area (Å²) in [4.78, 5) is 28.9. The number of piperidine rings is 1. The van der Waals surface area contributed by atoms with Crippen LogP contribution in [-0.2, 0) is 24.8 Å². The van der Waals surface area contributed by atoms with Gasteiger partial charge < -0.3 is 4.90 Å². The molecule has 1 saturated heterocycles. The highest BCUT2D eigenvalue weighted by molar-refractivity contribution is 5.51. The summed E-state index contributed by atoms with van der Waals surface area (Å²) in [5.74, 6) is 2.55. The second-order valence-electron chi connectivity index (χ2n) is 9.32. The van der Waals surface area contributed by atoms with Crippen LogP contribution in [0.4, 0.5) is 5.82 Å². The van der Waals surface area contributed by atoms with Crippen LogP contribution in [0.5, 0.6) is 0 Å². The summed E-state index contributed by atoms with van der Waals surface area (Å²) in [7, 11) is 0. The van der Waals surface area contributed by atoms with Crippen molar-refractivity contribution in [2.24, 2.45) is 5.92 Å². The Morgan fingerprint density at radius 2 is 1.89 bits per heavy atom. The Labute approximate surface area is 167 Å². The van der Waals surface area contributed by atoms with Crippen LogP contribution in [0.1, 0.15) is 62.8 Å². The van der Waals surface area contributed by atoms with Gasteiger partial charge >= 0.3 is 0 Å². The zero-order chi connectivity index (χ0) is 19.9. The first-order chi connectivity index (χ1) is 13.3. The van der Waals surface area contributed by atoms with Gasteiger partial charge in [0.05, 0.1) is 12.0 Å². The van der Waals surface area contributed by atoms with Gasteiger partial charge in [0.15, 0.2) is 0 Å². The zero-order valence-corrected chi connectivity index (χ0v) is 17.5. The first-order valence-electron chi connectivity index (χ1n) is 10.5. The van der Waals surface area contributed by atoms with Crippen molar-refractivity contribution in [3.8, 4) is 0 Å². The molecule has 0 N–H and O–H groups in total. The van der Waals surface area contributed by atoms with Crippen molar-refractivity contribution in [3.05, 3.63) is 45.5 Å². The average Bonchev–Trinajstić information content (AvgIpc) is 3.11. The summed E-state index contributed by atoms with van der Waals surface area (Å²) in [6, 6.07) is 1.70. The number of anilines is 1. The third kappa shape index (κ3) is 3.82. The number of rotatable bonds is 3. The van der Waals surface area contributed by atoms with Crippen LogP contribution in [0, 0.1) is 12.8 Å². The molecule has 0 unspecified atom stereocenters. The van der Waals surface area contributed by atoms with Crippen molar-refractivity contribution in [2.45, 2.75) is 71.8 Å². The van der Waals surface area contributed by atoms with E-state index in [2.05, 4.69) is 35.6 Å². The summed E-state index contributed by atoms with van der Waals surface area (Å²) < 4.78 is 1.78. The molecule has 150 valence electrons. The lowest BCUT2D eigenvalue weighted by atomic mass is 9.92. The summed E-state index contributed by atoms with van der Waals surface area (Å²) >= 11 is 0. The molecule has 6 nitrogen and oxygen atoms in total. The van der Waals surface area contributed by atoms with Crippen molar-refractivity contribution < 1.29 is 0 Å². The molecule has 1 aliphatic carbocycles. The van der Waals surface area contributed by atoms with Gasteiger partial charge in [-0.1, -0.05) is 20.8 Å². The van der Waals surface area contributed by atoms with Crippen LogP contribution in [0.3, 0.4) is 0 Å². The second kappa shape index (κ2) is 7.30. The fourth-order valence-corrected chi connectivity index (χ4v) is 4.37. The molecule has 28 heavy (non-hydrogen) atoms. The number of hydrogen-bond acceptors (Lipinski definition) is 5. The van der Waals surface area contributed by atoms with E-state index in [-0.39, 0.29) is 11.0 Å². The highest BCUT2D eigenvalue weighted by Crippen LogP contribution is 2.31. The zero-order valence-electron chi connectivity index (χ0n) is 17.5. The molecule has 2 aromatic heterocycles. The van der Waals surface area contributed by atoms with E-state index in [1.807, 2.05) is 6.92 Å². The Morgan fingerprint density at radius 1 is 1.14 bits per heavy atom. The minimum Gasteiger partial charge on any atom is -0.356 e. The highest BCUT2D eigenvalue weighted by Gasteiger charge is 2.26. The molecule has 0 bridgehead atoms. The lowest BCUT2D eigenvalue weighted by molar-refractivity contribution is 0.349. The molecule has 2 aromatic rings. The van der Waals surface area contributed by atoms with Gasteiger partial charge in [0, 0.05) is 42.4 Å². The molecule has 1 fully saturated rings. The largest absolute Gasteiger partial charge is 0.356 e. The smallest absolute Gasteiger partial charge is 0.253 e. The van der Waals surface area contributed by atoms with E-state index >= 15 is 0 Å². The fourth-order valence-electron chi connectivity index (χ4n) is 4.37. The first kappa shape index (κ1) is 19.1. The maximum absolute atomic E-state index is 12.5. The lowest BCUT2D eigenvalue weighted by Gasteiger charge is -2.34. The van der Waals surface area contributed by atoms with Gasteiger partial charge in [0.25, 0.3) is 5.56 Å². The van der Waals surface area contributed by atoms with E-state index < -0.39 is 0 Å². The van der Waals surface area contributed by atoms with Gasteiger partial charge in [-0.2, -0.15) is 0 Å². The summed E-state index contributed by atoms with van der Waals surface area (Å²) in [6.45, 7) is 11.0. The summed E-state index contributed by atoms with van der Waals surface area (Å²) in [5, 5.41) is 0. The SMILES string of the molecule is Cc1nc2c(c(N3CCC(Cn4cnc(C(C)(C)C)cc4=O)CC3)n1)CCC2. The van der Waals surface area contributed by atoms with Crippen LogP contribution in [0.2, 0.25) is 0 Å². The van der Waals surface area contributed by atoms with Crippen molar-refractivity contribution in [3.63, 3.8) is 0 Å². The molecule has 1 aliphatic heterocycles. The van der Waals surface area contributed by atoms with Crippen LogP contribution < -0.4 is 10.5 Å². The summed E-state index contributed by atoms with van der Waals surface area (Å²) in [6.07, 6.45) is 7.26. The minimum atomic E-state index is -0.0977. The molecular formula is C22H31N5O. The van der Waals surface area contributed by atoms with Crippen molar-refractivity contribution in [1.82, 2.24) is 19.5 Å². The van der Waals surface area contributed by atoms with Crippen LogP contribution >= 0.6 is 0 Å². The van der Waals surface area contributed by atoms with E-state index in [1.165, 1.54) is 17.7 Å². The third-order valence-electron chi connectivity index (χ3n) is 6.04. The molecule has 0 aromatic carbocycles. The molecule has 6 heteroatoms. The number of nitrogens with zero attached hydrogens (tertiary/aromatic N) is 5. The molecule has 2 aliphatic rings. The molecule has 0 amide bonds. The van der Waals surface area contributed by atoms with E-state index in [0.717, 1.165) is 62.7 Å². The van der Waals surface area contributed by atoms with Gasteiger partial charge in [-0.15, -0.1) is 0 Å². The topological polar surface area (TPSA) is 63.9 Å². The maximum Gasteiger partial charge on any atom is 0.253 e. The number of aromatic nitrogens is 4. The van der Waals surface area contributed by atoms with Crippen LogP contribution in [0.25, 0.3) is 0 Å². The van der Waals surface area contributed by atoms with Gasteiger partial charge in [-0.25, -0.2) is 15.0 Å². The normalized spacial score (nSPS) is 17.8. The first-order valence-corrected chi connectivity index (χ1v) is 10.5. The van der Waals surface area contributed by atoms with E-state index in [0.29, 0.717) is 5.92 Å². The van der Waals surface area contributed by atoms with Crippen LogP contribution in [-0.4, -0.2) is 32.6 Å². The minimum absolute atomic E-state index is 0.0617. The highest BCUT2D eigenvalue weighted by atomic mass is 16.1. The van der Waals surface area contributed by atoms with Gasteiger partial charge in [0.1, 0.15) is 11.6 Å². The lowest BCUT2D eigenvalue weighted by Crippen LogP contribution is -2.37. The average molecular weight is 382 g/mol. The molecule has 0 radical (unpaired) electrons. The Kier molecular flexibility index (Phi) is 4.98. The predicted octanol–water partition coefficient (Wildman–Crippen LogP) is 3.04. The monoisotopic (exact) mass is 381 g/mol. The Morgan fingerprint density at radius 3 is 2.57 bits per heavy atom. The number of fused-ring (bicyclic) bond motifs is 1. The van der Waals surface area contributed by atoms with E-state index in [4.69, 9.17) is 4.98 Å². The van der Waals surface area contributed by atoms with Gasteiger partial charge in [0.2, 0.25) is 0 Å². The van der Waals surface area contributed by atoms with E-state index in [9.17, 15) is 4.79 Å². The Balaban J connectivity index is 1.42. The Bertz CT molecular complexity index is 919. The molecule has 3 heterocycles. The molecule has 0 spiro atoms. The Hall–Kier alpha value is -2.24. The molecule has 0 atom stereocenters. The van der Waals surface area contributed by atoms with Crippen molar-refractivity contribution in [1.29, 1.82) is 0 Å². The van der Waals surface area contributed by atoms with Crippen molar-refractivity contribution >= 4 is 5.82 Å². The molecule has 0 saturated carbocycles. The molecule has 4 rings (SSSR count). The van der Waals surface area contributed by atoms with Gasteiger partial charge in [-0.3, -0.25) is 9.36 Å². The molecular weight excluding hydrogens is 350 g/mol. The number of hydrogen-bond donors (Lipinski definition) is 0. The number of aryl methyl sites for hydroxylation is 2. The maximum atomic E-state index is 12.5. The predicted molar refractivity (Wildman–Crippen MR) is 111 cm³/mol. The standard InChI is InChI=1S/C22H31N5O/c1-15-24-18-7-5-6-17(18)21(25-15)26-10-8-16(9-11-26)13-27-14-23-19(12-20(27)28)22(2,3)4/h12,14,16H,5-11,13H2,1-4H3. The quantitative estimate of drug-likeness (QED) is 0.818. The third-order valence-corrected chi connectivity index (χ3v) is 6.04. The second-order valence-corrected chi connectivity index (χ2v) is 9.32. The fraction of sp³-hybridized carbons (Fsp3) is 0.636.